The zero-order valence-corrected chi connectivity index (χ0v) is 22.1. The Balaban J connectivity index is 1.54. The number of hydrogen-bond acceptors (Lipinski definition) is 9. The number of Topliss-reactive ketones (excluding diaryl/α,β-unsaturated/α-hetero) is 1. The first-order chi connectivity index (χ1) is 18.8. The van der Waals surface area contributed by atoms with Crippen LogP contribution in [-0.2, 0) is 16.0 Å². The number of carbonyl (C=O) groups excluding carboxylic acids is 2. The largest absolute Gasteiger partial charge is 0.507 e. The second-order valence-corrected chi connectivity index (χ2v) is 10.4. The minimum absolute atomic E-state index is 0.00472. The highest BCUT2D eigenvalue weighted by molar-refractivity contribution is 7.22. The molecule has 0 radical (unpaired) electrons. The molecule has 0 spiro atoms. The van der Waals surface area contributed by atoms with Gasteiger partial charge in [0.25, 0.3) is 5.78 Å². The lowest BCUT2D eigenvalue weighted by Crippen LogP contribution is -2.29. The number of methoxy groups -OCH3 is 2. The number of aliphatic hydroxyl groups is 1. The third-order valence-corrected chi connectivity index (χ3v) is 7.94. The SMILES string of the molecule is COc1ccc2nc(N3C(=O)C(=O)C(=C(O)c4ccc5c(c4)C[C@@H](C)O5)[C@@H]3c3ccc(O)c(OC)c3)sc2c1. The topological polar surface area (TPSA) is 118 Å². The van der Waals surface area contributed by atoms with Crippen molar-refractivity contribution in [3.8, 4) is 23.0 Å². The monoisotopic (exact) mass is 544 g/mol. The molecule has 3 aromatic carbocycles. The number of aromatic hydroxyl groups is 1. The van der Waals surface area contributed by atoms with Gasteiger partial charge in [-0.15, -0.1) is 0 Å². The van der Waals surface area contributed by atoms with Crippen molar-refractivity contribution in [2.24, 2.45) is 0 Å². The van der Waals surface area contributed by atoms with Crippen molar-refractivity contribution in [2.75, 3.05) is 19.1 Å². The molecule has 0 aliphatic carbocycles. The van der Waals surface area contributed by atoms with E-state index >= 15 is 0 Å². The number of nitrogens with zero attached hydrogens (tertiary/aromatic N) is 2. The molecule has 2 aliphatic heterocycles. The number of rotatable bonds is 5. The summed E-state index contributed by atoms with van der Waals surface area (Å²) in [7, 11) is 2.97. The van der Waals surface area contributed by atoms with Crippen LogP contribution in [0.2, 0.25) is 0 Å². The number of anilines is 1. The highest BCUT2D eigenvalue weighted by Gasteiger charge is 2.48. The fourth-order valence-electron chi connectivity index (χ4n) is 5.06. The first kappa shape index (κ1) is 24.7. The highest BCUT2D eigenvalue weighted by Crippen LogP contribution is 2.46. The van der Waals surface area contributed by atoms with Crippen LogP contribution >= 0.6 is 11.3 Å². The molecule has 0 bridgehead atoms. The fourth-order valence-corrected chi connectivity index (χ4v) is 6.08. The number of aromatic nitrogens is 1. The quantitative estimate of drug-likeness (QED) is 0.205. The number of amides is 1. The Labute approximate surface area is 227 Å². The van der Waals surface area contributed by atoms with Crippen molar-refractivity contribution in [3.05, 3.63) is 76.9 Å². The molecule has 0 saturated carbocycles. The predicted octanol–water partition coefficient (Wildman–Crippen LogP) is 4.97. The molecule has 1 saturated heterocycles. The van der Waals surface area contributed by atoms with Gasteiger partial charge >= 0.3 is 5.91 Å². The molecule has 1 fully saturated rings. The predicted molar refractivity (Wildman–Crippen MR) is 146 cm³/mol. The average molecular weight is 545 g/mol. The van der Waals surface area contributed by atoms with Crippen molar-refractivity contribution in [2.45, 2.75) is 25.5 Å². The van der Waals surface area contributed by atoms with Gasteiger partial charge < -0.3 is 24.4 Å². The number of phenols is 1. The smallest absolute Gasteiger partial charge is 0.301 e. The summed E-state index contributed by atoms with van der Waals surface area (Å²) in [4.78, 5) is 33.0. The van der Waals surface area contributed by atoms with Gasteiger partial charge in [-0.1, -0.05) is 17.4 Å². The Bertz CT molecular complexity index is 1690. The van der Waals surface area contributed by atoms with Gasteiger partial charge in [0.2, 0.25) is 0 Å². The van der Waals surface area contributed by atoms with E-state index in [-0.39, 0.29) is 34.1 Å². The lowest BCUT2D eigenvalue weighted by atomic mass is 9.94. The number of phenolic OH excluding ortho intramolecular Hbond substituents is 1. The highest BCUT2D eigenvalue weighted by atomic mass is 32.1. The van der Waals surface area contributed by atoms with Crippen LogP contribution in [0.5, 0.6) is 23.0 Å². The number of hydrogen-bond donors (Lipinski definition) is 2. The second kappa shape index (κ2) is 9.32. The molecule has 3 heterocycles. The minimum Gasteiger partial charge on any atom is -0.507 e. The Kier molecular flexibility index (Phi) is 5.91. The molecule has 4 aromatic rings. The molecular formula is C29H24N2O7S. The van der Waals surface area contributed by atoms with E-state index in [2.05, 4.69) is 4.98 Å². The summed E-state index contributed by atoms with van der Waals surface area (Å²) in [5.41, 5.74) is 2.31. The molecule has 39 heavy (non-hydrogen) atoms. The van der Waals surface area contributed by atoms with E-state index < -0.39 is 17.7 Å². The molecule has 2 N–H and O–H groups in total. The van der Waals surface area contributed by atoms with E-state index in [9.17, 15) is 19.8 Å². The zero-order valence-electron chi connectivity index (χ0n) is 21.3. The number of benzene rings is 3. The maximum Gasteiger partial charge on any atom is 0.301 e. The molecule has 1 amide bonds. The Hall–Kier alpha value is -4.57. The molecule has 10 heteroatoms. The number of ketones is 1. The number of ether oxygens (including phenoxy) is 3. The lowest BCUT2D eigenvalue weighted by Gasteiger charge is -2.23. The van der Waals surface area contributed by atoms with E-state index in [1.165, 1.54) is 29.4 Å². The molecule has 1 aromatic heterocycles. The van der Waals surface area contributed by atoms with Gasteiger partial charge in [-0.05, 0) is 66.6 Å². The Morgan fingerprint density at radius 1 is 1.08 bits per heavy atom. The summed E-state index contributed by atoms with van der Waals surface area (Å²) in [6, 6.07) is 14.1. The summed E-state index contributed by atoms with van der Waals surface area (Å²) in [5, 5.41) is 22.0. The van der Waals surface area contributed by atoms with Crippen LogP contribution in [0.15, 0.2) is 60.2 Å². The van der Waals surface area contributed by atoms with Crippen LogP contribution in [0.25, 0.3) is 16.0 Å². The fraction of sp³-hybridized carbons (Fsp3) is 0.207. The number of aliphatic hydroxyl groups excluding tert-OH is 1. The molecule has 9 nitrogen and oxygen atoms in total. The normalized spacial score (nSPS) is 19.8. The molecule has 198 valence electrons. The third kappa shape index (κ3) is 4.04. The van der Waals surface area contributed by atoms with E-state index in [4.69, 9.17) is 14.2 Å². The van der Waals surface area contributed by atoms with Crippen LogP contribution in [0, 0.1) is 0 Å². The molecule has 2 aliphatic rings. The first-order valence-corrected chi connectivity index (χ1v) is 13.0. The number of thiazole rings is 1. The van der Waals surface area contributed by atoms with Crippen LogP contribution in [-0.4, -0.2) is 47.2 Å². The summed E-state index contributed by atoms with van der Waals surface area (Å²) in [5.74, 6) is -0.547. The van der Waals surface area contributed by atoms with Crippen LogP contribution < -0.4 is 19.1 Å². The maximum atomic E-state index is 13.6. The summed E-state index contributed by atoms with van der Waals surface area (Å²) in [6.45, 7) is 1.96. The van der Waals surface area contributed by atoms with Crippen molar-refractivity contribution in [3.63, 3.8) is 0 Å². The van der Waals surface area contributed by atoms with Gasteiger partial charge in [0, 0.05) is 12.0 Å². The number of carbonyl (C=O) groups is 2. The summed E-state index contributed by atoms with van der Waals surface area (Å²) in [6.07, 6.45) is 0.670. The first-order valence-electron chi connectivity index (χ1n) is 12.2. The molecule has 6 rings (SSSR count). The van der Waals surface area contributed by atoms with Crippen molar-refractivity contribution >= 4 is 44.1 Å². The lowest BCUT2D eigenvalue weighted by molar-refractivity contribution is -0.132. The Morgan fingerprint density at radius 2 is 1.90 bits per heavy atom. The molecule has 0 unspecified atom stereocenters. The molecule has 2 atom stereocenters. The van der Waals surface area contributed by atoms with Gasteiger partial charge in [-0.25, -0.2) is 4.98 Å². The Morgan fingerprint density at radius 3 is 2.67 bits per heavy atom. The zero-order chi connectivity index (χ0) is 27.4. The van der Waals surface area contributed by atoms with Gasteiger partial charge in [-0.2, -0.15) is 0 Å². The van der Waals surface area contributed by atoms with Gasteiger partial charge in [0.05, 0.1) is 36.1 Å². The van der Waals surface area contributed by atoms with Crippen LogP contribution in [0.3, 0.4) is 0 Å². The van der Waals surface area contributed by atoms with E-state index in [1.54, 1.807) is 55.6 Å². The van der Waals surface area contributed by atoms with Gasteiger partial charge in [0.1, 0.15) is 23.4 Å². The van der Waals surface area contributed by atoms with Crippen LogP contribution in [0.4, 0.5) is 5.13 Å². The van der Waals surface area contributed by atoms with Gasteiger partial charge in [-0.3, -0.25) is 14.5 Å². The molecular weight excluding hydrogens is 520 g/mol. The minimum atomic E-state index is -1.02. The van der Waals surface area contributed by atoms with E-state index in [0.29, 0.717) is 28.8 Å². The second-order valence-electron chi connectivity index (χ2n) is 9.39. The third-order valence-electron chi connectivity index (χ3n) is 6.92. The van der Waals surface area contributed by atoms with Crippen molar-refractivity contribution in [1.82, 2.24) is 4.98 Å². The summed E-state index contributed by atoms with van der Waals surface area (Å²) >= 11 is 1.23. The number of fused-ring (bicyclic) bond motifs is 2. The van der Waals surface area contributed by atoms with Crippen molar-refractivity contribution in [1.29, 1.82) is 0 Å². The average Bonchev–Trinajstić information content (AvgIpc) is 3.60. The van der Waals surface area contributed by atoms with E-state index in [1.807, 2.05) is 6.92 Å². The van der Waals surface area contributed by atoms with E-state index in [0.717, 1.165) is 16.0 Å². The van der Waals surface area contributed by atoms with Crippen LogP contribution in [0.1, 0.15) is 29.7 Å². The maximum absolute atomic E-state index is 13.6. The standard InChI is InChI=1S/C29H24N2O7S/c1-14-10-17-11-16(5-9-21(17)38-14)26(33)24-25(15-4-8-20(32)22(12-15)37-3)31(28(35)27(24)34)29-30-19-7-6-18(36-2)13-23(19)39-29/h4-9,11-14,25,32-33H,10H2,1-3H3/t14-,25+/m1/s1. The van der Waals surface area contributed by atoms with Crippen molar-refractivity contribution < 1.29 is 34.0 Å². The van der Waals surface area contributed by atoms with Gasteiger partial charge in [0.15, 0.2) is 16.6 Å². The summed E-state index contributed by atoms with van der Waals surface area (Å²) < 4.78 is 17.1.